The molecule has 0 radical (unpaired) electrons. The number of carbonyl (C=O) groups is 1. The van der Waals surface area contributed by atoms with E-state index >= 15 is 0 Å². The number of ether oxygens (including phenoxy) is 1. The van der Waals surface area contributed by atoms with Gasteiger partial charge in [-0.15, -0.1) is 0 Å². The van der Waals surface area contributed by atoms with Gasteiger partial charge in [0.25, 0.3) is 5.91 Å². The van der Waals surface area contributed by atoms with E-state index in [0.717, 1.165) is 12.8 Å². The van der Waals surface area contributed by atoms with Gasteiger partial charge in [0, 0.05) is 6.07 Å². The van der Waals surface area contributed by atoms with Crippen molar-refractivity contribution in [2.45, 2.75) is 18.4 Å². The van der Waals surface area contributed by atoms with Crippen molar-refractivity contribution in [3.05, 3.63) is 34.4 Å². The molecular formula is C14H16N2O5. The molecule has 0 bridgehead atoms. The summed E-state index contributed by atoms with van der Waals surface area (Å²) in [5.74, 6) is 0.130. The minimum absolute atomic E-state index is 0.0776. The second kappa shape index (κ2) is 5.00. The summed E-state index contributed by atoms with van der Waals surface area (Å²) in [6.07, 6.45) is 2.04. The number of amides is 1. The highest BCUT2D eigenvalue weighted by Gasteiger charge is 2.53. The van der Waals surface area contributed by atoms with Crippen molar-refractivity contribution in [3.63, 3.8) is 0 Å². The average Bonchev–Trinajstić information content (AvgIpc) is 3.26. The van der Waals surface area contributed by atoms with Crippen LogP contribution < -0.4 is 4.74 Å². The average molecular weight is 292 g/mol. The zero-order valence-corrected chi connectivity index (χ0v) is 11.4. The molecule has 112 valence electrons. The molecule has 2 aliphatic rings. The summed E-state index contributed by atoms with van der Waals surface area (Å²) >= 11 is 0. The fourth-order valence-electron chi connectivity index (χ4n) is 2.63. The Morgan fingerprint density at radius 3 is 2.71 bits per heavy atom. The van der Waals surface area contributed by atoms with Crippen LogP contribution in [0.25, 0.3) is 0 Å². The Balaban J connectivity index is 1.54. The van der Waals surface area contributed by atoms with E-state index in [2.05, 4.69) is 0 Å². The minimum atomic E-state index is -0.728. The van der Waals surface area contributed by atoms with Crippen molar-refractivity contribution in [1.29, 1.82) is 0 Å². The van der Waals surface area contributed by atoms with Crippen molar-refractivity contribution in [2.75, 3.05) is 19.7 Å². The molecule has 7 heteroatoms. The summed E-state index contributed by atoms with van der Waals surface area (Å²) in [5, 5.41) is 21.0. The summed E-state index contributed by atoms with van der Waals surface area (Å²) in [4.78, 5) is 23.7. The highest BCUT2D eigenvalue weighted by molar-refractivity contribution is 5.79. The first-order chi connectivity index (χ1) is 9.99. The number of nitro benzene ring substituents is 1. The zero-order valence-electron chi connectivity index (χ0n) is 11.4. The summed E-state index contributed by atoms with van der Waals surface area (Å²) in [5.41, 5.74) is -0.891. The molecule has 0 aromatic heterocycles. The van der Waals surface area contributed by atoms with Gasteiger partial charge in [-0.05, 0) is 24.8 Å². The minimum Gasteiger partial charge on any atom is -0.477 e. The van der Waals surface area contributed by atoms with Crippen LogP contribution in [-0.4, -0.2) is 46.1 Å². The van der Waals surface area contributed by atoms with Crippen LogP contribution in [0.4, 0.5) is 5.69 Å². The van der Waals surface area contributed by atoms with Gasteiger partial charge in [-0.2, -0.15) is 0 Å². The molecule has 3 rings (SSSR count). The Kier molecular flexibility index (Phi) is 3.29. The quantitative estimate of drug-likeness (QED) is 0.644. The van der Waals surface area contributed by atoms with E-state index in [1.807, 2.05) is 0 Å². The molecule has 0 spiro atoms. The standard InChI is InChI=1S/C14H16N2O5/c17-13(15-8-14(18,9-15)10-5-6-10)7-21-12-4-2-1-3-11(12)16(19)20/h1-4,10,18H,5-9H2. The first-order valence-corrected chi connectivity index (χ1v) is 6.86. The first-order valence-electron chi connectivity index (χ1n) is 6.86. The van der Waals surface area contributed by atoms with Crippen molar-refractivity contribution in [2.24, 2.45) is 5.92 Å². The number of carbonyl (C=O) groups excluding carboxylic acids is 1. The number of nitro groups is 1. The molecule has 0 atom stereocenters. The van der Waals surface area contributed by atoms with E-state index in [1.165, 1.54) is 23.1 Å². The first kappa shape index (κ1) is 13.8. The van der Waals surface area contributed by atoms with Crippen LogP contribution in [0.1, 0.15) is 12.8 Å². The number of benzene rings is 1. The molecule has 1 aromatic rings. The lowest BCUT2D eigenvalue weighted by atomic mass is 9.89. The molecule has 1 saturated carbocycles. The SMILES string of the molecule is O=C(COc1ccccc1[N+](=O)[O-])N1CC(O)(C2CC2)C1. The Labute approximate surface area is 121 Å². The molecule has 1 N–H and O–H groups in total. The molecule has 1 aliphatic carbocycles. The molecule has 7 nitrogen and oxygen atoms in total. The van der Waals surface area contributed by atoms with Crippen LogP contribution in [0, 0.1) is 16.0 Å². The number of β-amino-alcohol motifs (C(OH)–C–C–N with tert-alkyl or cyclic N) is 1. The van der Waals surface area contributed by atoms with Crippen LogP contribution in [0.5, 0.6) is 5.75 Å². The fraction of sp³-hybridized carbons (Fsp3) is 0.500. The van der Waals surface area contributed by atoms with E-state index in [9.17, 15) is 20.0 Å². The van der Waals surface area contributed by atoms with Gasteiger partial charge in [0.1, 0.15) is 5.60 Å². The van der Waals surface area contributed by atoms with Gasteiger partial charge in [-0.3, -0.25) is 14.9 Å². The molecule has 1 heterocycles. The number of likely N-dealkylation sites (tertiary alicyclic amines) is 1. The van der Waals surface area contributed by atoms with Crippen molar-refractivity contribution in [3.8, 4) is 5.75 Å². The fourth-order valence-corrected chi connectivity index (χ4v) is 2.63. The van der Waals surface area contributed by atoms with Gasteiger partial charge in [-0.1, -0.05) is 12.1 Å². The van der Waals surface area contributed by atoms with Gasteiger partial charge in [0.05, 0.1) is 18.0 Å². The molecule has 1 saturated heterocycles. The van der Waals surface area contributed by atoms with Crippen LogP contribution >= 0.6 is 0 Å². The molecule has 1 aliphatic heterocycles. The van der Waals surface area contributed by atoms with E-state index in [4.69, 9.17) is 4.74 Å². The predicted octanol–water partition coefficient (Wildman–Crippen LogP) is 0.957. The van der Waals surface area contributed by atoms with Gasteiger partial charge >= 0.3 is 5.69 Å². The molecule has 0 unspecified atom stereocenters. The number of aliphatic hydroxyl groups is 1. The highest BCUT2D eigenvalue weighted by Crippen LogP contribution is 2.44. The maximum Gasteiger partial charge on any atom is 0.310 e. The molecular weight excluding hydrogens is 276 g/mol. The number of nitrogens with zero attached hydrogens (tertiary/aromatic N) is 2. The molecule has 21 heavy (non-hydrogen) atoms. The Bertz CT molecular complexity index is 578. The van der Waals surface area contributed by atoms with Crippen LogP contribution in [-0.2, 0) is 4.79 Å². The van der Waals surface area contributed by atoms with Gasteiger partial charge in [0.2, 0.25) is 0 Å². The van der Waals surface area contributed by atoms with Crippen molar-refractivity contribution < 1.29 is 19.6 Å². The monoisotopic (exact) mass is 292 g/mol. The third kappa shape index (κ3) is 2.69. The van der Waals surface area contributed by atoms with Gasteiger partial charge < -0.3 is 14.7 Å². The van der Waals surface area contributed by atoms with Crippen LogP contribution in [0.15, 0.2) is 24.3 Å². The lowest BCUT2D eigenvalue weighted by molar-refractivity contribution is -0.385. The normalized spacial score (nSPS) is 19.8. The lowest BCUT2D eigenvalue weighted by Gasteiger charge is -2.46. The third-order valence-electron chi connectivity index (χ3n) is 4.03. The largest absolute Gasteiger partial charge is 0.477 e. The number of hydrogen-bond donors (Lipinski definition) is 1. The van der Waals surface area contributed by atoms with Crippen molar-refractivity contribution in [1.82, 2.24) is 4.90 Å². The zero-order chi connectivity index (χ0) is 15.0. The summed E-state index contributed by atoms with van der Waals surface area (Å²) < 4.78 is 5.25. The smallest absolute Gasteiger partial charge is 0.310 e. The van der Waals surface area contributed by atoms with Crippen LogP contribution in [0.3, 0.4) is 0 Å². The third-order valence-corrected chi connectivity index (χ3v) is 4.03. The van der Waals surface area contributed by atoms with Crippen molar-refractivity contribution >= 4 is 11.6 Å². The predicted molar refractivity (Wildman–Crippen MR) is 72.8 cm³/mol. The van der Waals surface area contributed by atoms with E-state index in [1.54, 1.807) is 6.07 Å². The Morgan fingerprint density at radius 2 is 2.10 bits per heavy atom. The summed E-state index contributed by atoms with van der Waals surface area (Å²) in [7, 11) is 0. The lowest BCUT2D eigenvalue weighted by Crippen LogP contribution is -2.65. The van der Waals surface area contributed by atoms with E-state index in [0.29, 0.717) is 19.0 Å². The van der Waals surface area contributed by atoms with Gasteiger partial charge in [-0.25, -0.2) is 0 Å². The van der Waals surface area contributed by atoms with Crippen LogP contribution in [0.2, 0.25) is 0 Å². The summed E-state index contributed by atoms with van der Waals surface area (Å²) in [6, 6.07) is 5.94. The topological polar surface area (TPSA) is 92.9 Å². The number of para-hydroxylation sites is 2. The maximum absolute atomic E-state index is 11.9. The Morgan fingerprint density at radius 1 is 1.43 bits per heavy atom. The molecule has 1 aromatic carbocycles. The molecule has 1 amide bonds. The number of rotatable bonds is 5. The number of hydrogen-bond acceptors (Lipinski definition) is 5. The maximum atomic E-state index is 11.9. The second-order valence-corrected chi connectivity index (χ2v) is 5.64. The van der Waals surface area contributed by atoms with Gasteiger partial charge in [0.15, 0.2) is 12.4 Å². The summed E-state index contributed by atoms with van der Waals surface area (Å²) in [6.45, 7) is 0.402. The molecule has 2 fully saturated rings. The highest BCUT2D eigenvalue weighted by atomic mass is 16.6. The van der Waals surface area contributed by atoms with E-state index < -0.39 is 10.5 Å². The Hall–Kier alpha value is -2.15. The second-order valence-electron chi connectivity index (χ2n) is 5.64. The van der Waals surface area contributed by atoms with E-state index in [-0.39, 0.29) is 24.0 Å².